The molecule has 0 aliphatic heterocycles. The first-order chi connectivity index (χ1) is 6.33. The minimum atomic E-state index is -0.309. The molecule has 0 spiro atoms. The summed E-state index contributed by atoms with van der Waals surface area (Å²) in [6.45, 7) is 2.00. The Morgan fingerprint density at radius 2 is 2.15 bits per heavy atom. The van der Waals surface area contributed by atoms with E-state index in [0.717, 1.165) is 12.0 Å². The zero-order valence-corrected chi connectivity index (χ0v) is 8.34. The van der Waals surface area contributed by atoms with Gasteiger partial charge in [-0.1, -0.05) is 25.1 Å². The summed E-state index contributed by atoms with van der Waals surface area (Å²) in [5, 5.41) is 13.0. The third-order valence-corrected chi connectivity index (χ3v) is 3.24. The molecule has 1 nitrogen and oxygen atoms in total. The molecule has 0 saturated carbocycles. The van der Waals surface area contributed by atoms with Crippen LogP contribution in [-0.2, 0) is 0 Å². The second-order valence-corrected chi connectivity index (χ2v) is 4.02. The Hall–Kier alpha value is -0.860. The predicted octanol–water partition coefficient (Wildman–Crippen LogP) is 3.34. The summed E-state index contributed by atoms with van der Waals surface area (Å²) >= 11 is 1.70. The van der Waals surface area contributed by atoms with Crippen LogP contribution in [0.1, 0.15) is 25.0 Å². The van der Waals surface area contributed by atoms with Crippen molar-refractivity contribution in [3.63, 3.8) is 0 Å². The van der Waals surface area contributed by atoms with Gasteiger partial charge in [0, 0.05) is 4.70 Å². The van der Waals surface area contributed by atoms with Crippen LogP contribution in [-0.4, -0.2) is 5.11 Å². The Morgan fingerprint density at radius 3 is 2.92 bits per heavy atom. The molecule has 2 rings (SSSR count). The van der Waals surface area contributed by atoms with Crippen molar-refractivity contribution in [1.82, 2.24) is 0 Å². The number of thiophene rings is 1. The Balaban J connectivity index is 2.57. The summed E-state index contributed by atoms with van der Waals surface area (Å²) in [5.74, 6) is 0. The molecule has 1 N–H and O–H groups in total. The molecule has 2 heteroatoms. The molecule has 0 unspecified atom stereocenters. The van der Waals surface area contributed by atoms with Gasteiger partial charge in [0.2, 0.25) is 0 Å². The lowest BCUT2D eigenvalue weighted by atomic mass is 10.1. The van der Waals surface area contributed by atoms with Crippen LogP contribution in [0.5, 0.6) is 0 Å². The number of rotatable bonds is 2. The molecule has 2 aromatic rings. The van der Waals surface area contributed by atoms with E-state index in [-0.39, 0.29) is 6.10 Å². The van der Waals surface area contributed by atoms with Crippen molar-refractivity contribution in [2.75, 3.05) is 0 Å². The van der Waals surface area contributed by atoms with Crippen LogP contribution < -0.4 is 0 Å². The molecular formula is C11H12OS. The first kappa shape index (κ1) is 8.73. The van der Waals surface area contributed by atoms with E-state index in [1.165, 1.54) is 10.1 Å². The van der Waals surface area contributed by atoms with Crippen molar-refractivity contribution in [2.45, 2.75) is 19.4 Å². The fourth-order valence-corrected chi connectivity index (χ4v) is 2.48. The Bertz CT molecular complexity index is 405. The second-order valence-electron chi connectivity index (χ2n) is 3.11. The van der Waals surface area contributed by atoms with Gasteiger partial charge in [-0.15, -0.1) is 11.3 Å². The van der Waals surface area contributed by atoms with E-state index >= 15 is 0 Å². The van der Waals surface area contributed by atoms with Crippen molar-refractivity contribution < 1.29 is 5.11 Å². The molecule has 0 saturated heterocycles. The van der Waals surface area contributed by atoms with Crippen molar-refractivity contribution in [3.8, 4) is 0 Å². The van der Waals surface area contributed by atoms with E-state index in [4.69, 9.17) is 0 Å². The summed E-state index contributed by atoms with van der Waals surface area (Å²) in [7, 11) is 0. The predicted molar refractivity (Wildman–Crippen MR) is 57.1 cm³/mol. The molecular weight excluding hydrogens is 180 g/mol. The van der Waals surface area contributed by atoms with Gasteiger partial charge in [0.1, 0.15) is 0 Å². The van der Waals surface area contributed by atoms with Crippen LogP contribution in [0.25, 0.3) is 10.1 Å². The van der Waals surface area contributed by atoms with E-state index in [2.05, 4.69) is 17.5 Å². The molecule has 0 radical (unpaired) electrons. The summed E-state index contributed by atoms with van der Waals surface area (Å²) in [6.07, 6.45) is 0.469. The van der Waals surface area contributed by atoms with Gasteiger partial charge in [-0.2, -0.15) is 0 Å². The Morgan fingerprint density at radius 1 is 1.38 bits per heavy atom. The summed E-state index contributed by atoms with van der Waals surface area (Å²) in [4.78, 5) is 0. The summed E-state index contributed by atoms with van der Waals surface area (Å²) in [6, 6.07) is 8.20. The maximum Gasteiger partial charge on any atom is 0.0801 e. The SMILES string of the molecule is CC[C@@H](O)c1csc2ccccc12. The third kappa shape index (κ3) is 1.47. The van der Waals surface area contributed by atoms with Gasteiger partial charge < -0.3 is 5.11 Å². The minimum Gasteiger partial charge on any atom is -0.388 e. The van der Waals surface area contributed by atoms with Crippen LogP contribution in [0.15, 0.2) is 29.6 Å². The molecule has 1 heterocycles. The highest BCUT2D eigenvalue weighted by molar-refractivity contribution is 7.17. The lowest BCUT2D eigenvalue weighted by Crippen LogP contribution is -1.92. The van der Waals surface area contributed by atoms with E-state index < -0.39 is 0 Å². The van der Waals surface area contributed by atoms with Crippen LogP contribution in [0, 0.1) is 0 Å². The van der Waals surface area contributed by atoms with Gasteiger partial charge in [0.15, 0.2) is 0 Å². The molecule has 0 fully saturated rings. The van der Waals surface area contributed by atoms with Crippen molar-refractivity contribution in [2.24, 2.45) is 0 Å². The quantitative estimate of drug-likeness (QED) is 0.773. The Labute approximate surface area is 81.6 Å². The molecule has 0 aliphatic rings. The van der Waals surface area contributed by atoms with E-state index in [1.807, 2.05) is 19.1 Å². The normalized spacial score (nSPS) is 13.4. The zero-order valence-electron chi connectivity index (χ0n) is 7.53. The van der Waals surface area contributed by atoms with Gasteiger partial charge in [0.05, 0.1) is 6.10 Å². The number of fused-ring (bicyclic) bond motifs is 1. The third-order valence-electron chi connectivity index (χ3n) is 2.26. The van der Waals surface area contributed by atoms with Gasteiger partial charge in [0.25, 0.3) is 0 Å². The first-order valence-corrected chi connectivity index (χ1v) is 5.35. The molecule has 68 valence electrons. The topological polar surface area (TPSA) is 20.2 Å². The van der Waals surface area contributed by atoms with Crippen molar-refractivity contribution >= 4 is 21.4 Å². The van der Waals surface area contributed by atoms with Crippen LogP contribution in [0.3, 0.4) is 0 Å². The number of aliphatic hydroxyl groups is 1. The molecule has 0 bridgehead atoms. The van der Waals surface area contributed by atoms with E-state index in [0.29, 0.717) is 0 Å². The average molecular weight is 192 g/mol. The maximum atomic E-state index is 9.72. The van der Waals surface area contributed by atoms with E-state index in [9.17, 15) is 5.11 Å². The molecule has 1 aromatic heterocycles. The highest BCUT2D eigenvalue weighted by atomic mass is 32.1. The first-order valence-electron chi connectivity index (χ1n) is 4.47. The number of hydrogen-bond acceptors (Lipinski definition) is 2. The molecule has 0 aliphatic carbocycles. The van der Waals surface area contributed by atoms with Crippen LogP contribution in [0.2, 0.25) is 0 Å². The number of aliphatic hydroxyl groups excluding tert-OH is 1. The van der Waals surface area contributed by atoms with Crippen molar-refractivity contribution in [1.29, 1.82) is 0 Å². The Kier molecular flexibility index (Phi) is 2.34. The van der Waals surface area contributed by atoms with E-state index in [1.54, 1.807) is 11.3 Å². The van der Waals surface area contributed by atoms with Crippen molar-refractivity contribution in [3.05, 3.63) is 35.2 Å². The zero-order chi connectivity index (χ0) is 9.26. The minimum absolute atomic E-state index is 0.309. The van der Waals surface area contributed by atoms with Gasteiger partial charge in [-0.05, 0) is 28.8 Å². The lowest BCUT2D eigenvalue weighted by Gasteiger charge is -2.05. The maximum absolute atomic E-state index is 9.72. The molecule has 1 aromatic carbocycles. The van der Waals surface area contributed by atoms with Gasteiger partial charge >= 0.3 is 0 Å². The lowest BCUT2D eigenvalue weighted by molar-refractivity contribution is 0.175. The fraction of sp³-hybridized carbons (Fsp3) is 0.273. The van der Waals surface area contributed by atoms with Gasteiger partial charge in [-0.3, -0.25) is 0 Å². The second kappa shape index (κ2) is 3.48. The summed E-state index contributed by atoms with van der Waals surface area (Å²) in [5.41, 5.74) is 1.07. The summed E-state index contributed by atoms with van der Waals surface area (Å²) < 4.78 is 1.25. The smallest absolute Gasteiger partial charge is 0.0801 e. The highest BCUT2D eigenvalue weighted by Crippen LogP contribution is 2.31. The number of hydrogen-bond donors (Lipinski definition) is 1. The highest BCUT2D eigenvalue weighted by Gasteiger charge is 2.09. The largest absolute Gasteiger partial charge is 0.388 e. The van der Waals surface area contributed by atoms with Crippen LogP contribution in [0.4, 0.5) is 0 Å². The molecule has 1 atom stereocenters. The van der Waals surface area contributed by atoms with Crippen LogP contribution >= 0.6 is 11.3 Å². The molecule has 13 heavy (non-hydrogen) atoms. The standard InChI is InChI=1S/C11H12OS/c1-2-10(12)9-7-13-11-6-4-3-5-8(9)11/h3-7,10,12H,2H2,1H3/t10-/m1/s1. The fourth-order valence-electron chi connectivity index (χ4n) is 1.48. The molecule has 0 amide bonds. The monoisotopic (exact) mass is 192 g/mol. The van der Waals surface area contributed by atoms with Gasteiger partial charge in [-0.25, -0.2) is 0 Å². The average Bonchev–Trinajstić information content (AvgIpc) is 2.60. The number of benzene rings is 1.